The highest BCUT2D eigenvalue weighted by Crippen LogP contribution is 2.22. The number of carbonyl (C=O) groups excluding carboxylic acids is 1. The van der Waals surface area contributed by atoms with E-state index in [4.69, 9.17) is 28.3 Å². The maximum absolute atomic E-state index is 11.8. The molecule has 0 saturated carbocycles. The second-order valence-electron chi connectivity index (χ2n) is 4.48. The summed E-state index contributed by atoms with van der Waals surface area (Å²) in [6.45, 7) is 0. The minimum absolute atomic E-state index is 0.185. The predicted molar refractivity (Wildman–Crippen MR) is 87.3 cm³/mol. The Bertz CT molecular complexity index is 511. The van der Waals surface area contributed by atoms with Gasteiger partial charge in [0.1, 0.15) is 6.04 Å². The molecule has 0 fully saturated rings. The number of halogens is 2. The molecule has 116 valence electrons. The van der Waals surface area contributed by atoms with E-state index in [9.17, 15) is 9.59 Å². The van der Waals surface area contributed by atoms with Gasteiger partial charge in [0.15, 0.2) is 0 Å². The van der Waals surface area contributed by atoms with E-state index in [1.807, 2.05) is 6.26 Å². The van der Waals surface area contributed by atoms with Gasteiger partial charge in [-0.15, -0.1) is 0 Å². The van der Waals surface area contributed by atoms with E-state index in [0.717, 1.165) is 5.56 Å². The SMILES string of the molecule is CSCC[C@@H](NC(=O)CCc1ccc(Cl)cc1Cl)C(=O)O. The molecule has 0 aliphatic carbocycles. The minimum atomic E-state index is -1.01. The van der Waals surface area contributed by atoms with Crippen LogP contribution in [-0.4, -0.2) is 35.0 Å². The minimum Gasteiger partial charge on any atom is -0.480 e. The Hall–Kier alpha value is -0.910. The summed E-state index contributed by atoms with van der Waals surface area (Å²) in [5.41, 5.74) is 0.812. The van der Waals surface area contributed by atoms with Crippen LogP contribution >= 0.6 is 35.0 Å². The second kappa shape index (κ2) is 9.18. The Balaban J connectivity index is 2.50. The number of carboxylic acid groups (broad SMARTS) is 1. The Morgan fingerprint density at radius 3 is 2.67 bits per heavy atom. The van der Waals surface area contributed by atoms with Crippen molar-refractivity contribution < 1.29 is 14.7 Å². The fourth-order valence-electron chi connectivity index (χ4n) is 1.73. The average molecular weight is 350 g/mol. The number of carbonyl (C=O) groups is 2. The molecule has 0 bridgehead atoms. The standard InChI is InChI=1S/C14H17Cl2NO3S/c1-21-7-6-12(14(19)20)17-13(18)5-3-9-2-4-10(15)8-11(9)16/h2,4,8,12H,3,5-7H2,1H3,(H,17,18)(H,19,20)/t12-/m1/s1. The van der Waals surface area contributed by atoms with Crippen molar-refractivity contribution in [2.45, 2.75) is 25.3 Å². The summed E-state index contributed by atoms with van der Waals surface area (Å²) in [5.74, 6) is -0.628. The van der Waals surface area contributed by atoms with Gasteiger partial charge in [-0.1, -0.05) is 29.3 Å². The first-order chi connectivity index (χ1) is 9.93. The van der Waals surface area contributed by atoms with E-state index in [2.05, 4.69) is 5.32 Å². The van der Waals surface area contributed by atoms with Gasteiger partial charge in [-0.05, 0) is 42.5 Å². The third-order valence-electron chi connectivity index (χ3n) is 2.88. The van der Waals surface area contributed by atoms with Gasteiger partial charge in [0.2, 0.25) is 5.91 Å². The normalized spacial score (nSPS) is 12.0. The molecular formula is C14H17Cl2NO3S. The van der Waals surface area contributed by atoms with Crippen LogP contribution in [0, 0.1) is 0 Å². The van der Waals surface area contributed by atoms with Crippen molar-refractivity contribution in [3.63, 3.8) is 0 Å². The quantitative estimate of drug-likeness (QED) is 0.755. The largest absolute Gasteiger partial charge is 0.480 e. The number of nitrogens with one attached hydrogen (secondary N) is 1. The smallest absolute Gasteiger partial charge is 0.326 e. The maximum atomic E-state index is 11.8. The van der Waals surface area contributed by atoms with Crippen LogP contribution < -0.4 is 5.32 Å². The number of aryl methyl sites for hydroxylation is 1. The number of rotatable bonds is 8. The highest BCUT2D eigenvalue weighted by Gasteiger charge is 2.19. The molecule has 1 aromatic carbocycles. The first kappa shape index (κ1) is 18.1. The van der Waals surface area contributed by atoms with Gasteiger partial charge < -0.3 is 10.4 Å². The van der Waals surface area contributed by atoms with Crippen LogP contribution in [0.5, 0.6) is 0 Å². The van der Waals surface area contributed by atoms with E-state index < -0.39 is 12.0 Å². The predicted octanol–water partition coefficient (Wildman–Crippen LogP) is 3.25. The average Bonchev–Trinajstić information content (AvgIpc) is 2.42. The Morgan fingerprint density at radius 2 is 2.10 bits per heavy atom. The molecule has 0 aliphatic rings. The maximum Gasteiger partial charge on any atom is 0.326 e. The molecule has 21 heavy (non-hydrogen) atoms. The van der Waals surface area contributed by atoms with Crippen LogP contribution in [-0.2, 0) is 16.0 Å². The highest BCUT2D eigenvalue weighted by atomic mass is 35.5. The number of carboxylic acids is 1. The van der Waals surface area contributed by atoms with Crippen LogP contribution in [0.4, 0.5) is 0 Å². The van der Waals surface area contributed by atoms with Gasteiger partial charge >= 0.3 is 5.97 Å². The molecule has 1 rings (SSSR count). The lowest BCUT2D eigenvalue weighted by atomic mass is 10.1. The lowest BCUT2D eigenvalue weighted by Crippen LogP contribution is -2.41. The van der Waals surface area contributed by atoms with Crippen molar-refractivity contribution in [3.8, 4) is 0 Å². The van der Waals surface area contributed by atoms with E-state index in [-0.39, 0.29) is 12.3 Å². The Morgan fingerprint density at radius 1 is 1.38 bits per heavy atom. The summed E-state index contributed by atoms with van der Waals surface area (Å²) < 4.78 is 0. The summed E-state index contributed by atoms with van der Waals surface area (Å²) in [5, 5.41) is 12.6. The molecule has 4 nitrogen and oxygen atoms in total. The molecule has 0 unspecified atom stereocenters. The molecule has 1 atom stereocenters. The van der Waals surface area contributed by atoms with E-state index in [1.165, 1.54) is 0 Å². The second-order valence-corrected chi connectivity index (χ2v) is 6.30. The summed E-state index contributed by atoms with van der Waals surface area (Å²) in [7, 11) is 0. The summed E-state index contributed by atoms with van der Waals surface area (Å²) in [6.07, 6.45) is 2.92. The van der Waals surface area contributed by atoms with Crippen molar-refractivity contribution in [2.75, 3.05) is 12.0 Å². The summed E-state index contributed by atoms with van der Waals surface area (Å²) in [4.78, 5) is 22.9. The van der Waals surface area contributed by atoms with Crippen LogP contribution in [0.2, 0.25) is 10.0 Å². The number of benzene rings is 1. The van der Waals surface area contributed by atoms with Crippen molar-refractivity contribution in [2.24, 2.45) is 0 Å². The summed E-state index contributed by atoms with van der Waals surface area (Å²) >= 11 is 13.4. The van der Waals surface area contributed by atoms with E-state index in [0.29, 0.717) is 28.6 Å². The van der Waals surface area contributed by atoms with Crippen LogP contribution in [0.25, 0.3) is 0 Å². The zero-order valence-electron chi connectivity index (χ0n) is 11.6. The van der Waals surface area contributed by atoms with Crippen molar-refractivity contribution in [1.82, 2.24) is 5.32 Å². The lowest BCUT2D eigenvalue weighted by Gasteiger charge is -2.14. The molecule has 0 aromatic heterocycles. The third-order valence-corrected chi connectivity index (χ3v) is 4.11. The number of hydrogen-bond acceptors (Lipinski definition) is 3. The van der Waals surface area contributed by atoms with Crippen LogP contribution in [0.3, 0.4) is 0 Å². The third kappa shape index (κ3) is 6.59. The molecule has 0 aliphatic heterocycles. The van der Waals surface area contributed by atoms with Crippen molar-refractivity contribution in [3.05, 3.63) is 33.8 Å². The molecular weight excluding hydrogens is 333 g/mol. The Kier molecular flexibility index (Phi) is 7.93. The molecule has 7 heteroatoms. The van der Waals surface area contributed by atoms with Gasteiger partial charge in [0, 0.05) is 16.5 Å². The van der Waals surface area contributed by atoms with Crippen LogP contribution in [0.1, 0.15) is 18.4 Å². The van der Waals surface area contributed by atoms with Crippen LogP contribution in [0.15, 0.2) is 18.2 Å². The molecule has 1 aromatic rings. The number of amides is 1. The van der Waals surface area contributed by atoms with Crippen molar-refractivity contribution in [1.29, 1.82) is 0 Å². The van der Waals surface area contributed by atoms with Gasteiger partial charge in [0.25, 0.3) is 0 Å². The number of thioether (sulfide) groups is 1. The topological polar surface area (TPSA) is 66.4 Å². The number of hydrogen-bond donors (Lipinski definition) is 2. The molecule has 2 N–H and O–H groups in total. The van der Waals surface area contributed by atoms with E-state index in [1.54, 1.807) is 30.0 Å². The first-order valence-corrected chi connectivity index (χ1v) is 8.54. The monoisotopic (exact) mass is 349 g/mol. The fourth-order valence-corrected chi connectivity index (χ4v) is 2.71. The van der Waals surface area contributed by atoms with Gasteiger partial charge in [-0.3, -0.25) is 4.79 Å². The fraction of sp³-hybridized carbons (Fsp3) is 0.429. The van der Waals surface area contributed by atoms with E-state index >= 15 is 0 Å². The lowest BCUT2D eigenvalue weighted by molar-refractivity contribution is -0.141. The molecule has 0 saturated heterocycles. The highest BCUT2D eigenvalue weighted by molar-refractivity contribution is 7.98. The van der Waals surface area contributed by atoms with Crippen molar-refractivity contribution >= 4 is 46.8 Å². The molecule has 0 radical (unpaired) electrons. The van der Waals surface area contributed by atoms with Gasteiger partial charge in [-0.2, -0.15) is 11.8 Å². The Labute approximate surface area is 138 Å². The first-order valence-electron chi connectivity index (χ1n) is 6.39. The zero-order chi connectivity index (χ0) is 15.8. The molecule has 0 heterocycles. The zero-order valence-corrected chi connectivity index (χ0v) is 13.9. The van der Waals surface area contributed by atoms with Gasteiger partial charge in [-0.25, -0.2) is 4.79 Å². The molecule has 1 amide bonds. The number of aliphatic carboxylic acids is 1. The van der Waals surface area contributed by atoms with Gasteiger partial charge in [0.05, 0.1) is 0 Å². The summed E-state index contributed by atoms with van der Waals surface area (Å²) in [6, 6.07) is 4.25. The molecule has 0 spiro atoms.